The van der Waals surface area contributed by atoms with E-state index in [2.05, 4.69) is 5.32 Å². The summed E-state index contributed by atoms with van der Waals surface area (Å²) >= 11 is 0. The smallest absolute Gasteiger partial charge is 0.287 e. The molecule has 1 fully saturated rings. The molecular weight excluding hydrogens is 218 g/mol. The molecule has 94 valence electrons. The minimum Gasteiger partial charge on any atom is -0.456 e. The van der Waals surface area contributed by atoms with Crippen LogP contribution >= 0.6 is 0 Å². The van der Waals surface area contributed by atoms with Gasteiger partial charge in [0.2, 0.25) is 0 Å². The van der Waals surface area contributed by atoms with E-state index in [1.54, 1.807) is 6.07 Å². The van der Waals surface area contributed by atoms with E-state index in [-0.39, 0.29) is 12.5 Å². The lowest BCUT2D eigenvalue weighted by Crippen LogP contribution is -2.50. The maximum atomic E-state index is 12.0. The van der Waals surface area contributed by atoms with Gasteiger partial charge in [0, 0.05) is 6.42 Å². The third kappa shape index (κ3) is 2.52. The molecule has 1 aromatic heterocycles. The number of carbonyl (C=O) groups is 1. The molecule has 1 aliphatic carbocycles. The van der Waals surface area contributed by atoms with Gasteiger partial charge in [-0.2, -0.15) is 0 Å². The molecule has 0 aliphatic heterocycles. The summed E-state index contributed by atoms with van der Waals surface area (Å²) in [6.07, 6.45) is 2.90. The molecule has 17 heavy (non-hydrogen) atoms. The van der Waals surface area contributed by atoms with Crippen molar-refractivity contribution in [3.8, 4) is 0 Å². The summed E-state index contributed by atoms with van der Waals surface area (Å²) in [5, 5.41) is 12.3. The van der Waals surface area contributed by atoms with Gasteiger partial charge in [-0.1, -0.05) is 6.92 Å². The second-order valence-corrected chi connectivity index (χ2v) is 4.92. The first-order valence-electron chi connectivity index (χ1n) is 6.11. The Morgan fingerprint density at radius 2 is 2.29 bits per heavy atom. The van der Waals surface area contributed by atoms with Crippen molar-refractivity contribution >= 4 is 5.91 Å². The molecule has 1 aliphatic rings. The van der Waals surface area contributed by atoms with Gasteiger partial charge in [0.25, 0.3) is 5.91 Å². The van der Waals surface area contributed by atoms with Crippen LogP contribution in [0.2, 0.25) is 0 Å². The van der Waals surface area contributed by atoms with Gasteiger partial charge in [-0.3, -0.25) is 4.79 Å². The molecule has 4 heteroatoms. The highest BCUT2D eigenvalue weighted by atomic mass is 16.3. The Hall–Kier alpha value is -1.29. The highest BCUT2D eigenvalue weighted by Crippen LogP contribution is 2.39. The van der Waals surface area contributed by atoms with Crippen LogP contribution in [0.25, 0.3) is 0 Å². The second kappa shape index (κ2) is 4.53. The number of aryl methyl sites for hydroxylation is 1. The molecule has 4 nitrogen and oxygen atoms in total. The highest BCUT2D eigenvalue weighted by Gasteiger charge is 2.42. The Morgan fingerprint density at radius 1 is 1.59 bits per heavy atom. The van der Waals surface area contributed by atoms with Crippen molar-refractivity contribution in [1.29, 1.82) is 0 Å². The number of amides is 1. The van der Waals surface area contributed by atoms with Crippen LogP contribution in [0.3, 0.4) is 0 Å². The third-order valence-corrected chi connectivity index (χ3v) is 3.44. The maximum absolute atomic E-state index is 12.0. The third-order valence-electron chi connectivity index (χ3n) is 3.44. The van der Waals surface area contributed by atoms with Crippen molar-refractivity contribution < 1.29 is 14.3 Å². The predicted molar refractivity (Wildman–Crippen MR) is 63.8 cm³/mol. The molecule has 1 unspecified atom stereocenters. The summed E-state index contributed by atoms with van der Waals surface area (Å²) in [4.78, 5) is 12.0. The van der Waals surface area contributed by atoms with Gasteiger partial charge in [0.15, 0.2) is 5.76 Å². The van der Waals surface area contributed by atoms with E-state index in [4.69, 9.17) is 4.42 Å². The number of rotatable bonds is 5. The Morgan fingerprint density at radius 3 is 2.76 bits per heavy atom. The summed E-state index contributed by atoms with van der Waals surface area (Å²) in [7, 11) is 0. The summed E-state index contributed by atoms with van der Waals surface area (Å²) in [6.45, 7) is 3.82. The van der Waals surface area contributed by atoms with Crippen molar-refractivity contribution in [1.82, 2.24) is 5.32 Å². The summed E-state index contributed by atoms with van der Waals surface area (Å²) in [5.41, 5.74) is -0.518. The van der Waals surface area contributed by atoms with Crippen LogP contribution < -0.4 is 5.32 Å². The van der Waals surface area contributed by atoms with Crippen molar-refractivity contribution in [2.75, 3.05) is 6.61 Å². The molecule has 0 aromatic carbocycles. The summed E-state index contributed by atoms with van der Waals surface area (Å²) in [5.74, 6) is 1.26. The first kappa shape index (κ1) is 12.2. The lowest BCUT2D eigenvalue weighted by Gasteiger charge is -2.28. The maximum Gasteiger partial charge on any atom is 0.287 e. The minimum atomic E-state index is -0.518. The molecule has 0 bridgehead atoms. The molecule has 1 atom stereocenters. The van der Waals surface area contributed by atoms with Gasteiger partial charge in [0.05, 0.1) is 12.1 Å². The molecule has 1 amide bonds. The van der Waals surface area contributed by atoms with Gasteiger partial charge in [0.1, 0.15) is 5.76 Å². The number of nitrogens with one attached hydrogen (secondary N) is 1. The Kier molecular flexibility index (Phi) is 3.24. The number of carbonyl (C=O) groups excluding carboxylic acids is 1. The quantitative estimate of drug-likeness (QED) is 0.819. The number of furan rings is 1. The first-order valence-corrected chi connectivity index (χ1v) is 6.11. The zero-order valence-corrected chi connectivity index (χ0v) is 10.3. The van der Waals surface area contributed by atoms with E-state index in [0.29, 0.717) is 11.7 Å². The van der Waals surface area contributed by atoms with Gasteiger partial charge >= 0.3 is 0 Å². The van der Waals surface area contributed by atoms with Gasteiger partial charge in [-0.15, -0.1) is 0 Å². The molecule has 2 rings (SSSR count). The standard InChI is InChI=1S/C13H19NO3/c1-3-10-6-7-11(17-10)12(16)14-13(2,8-15)9-4-5-9/h6-7,9,15H,3-5,8H2,1-2H3,(H,14,16). The highest BCUT2D eigenvalue weighted by molar-refractivity contribution is 5.92. The Balaban J connectivity index is 2.05. The lowest BCUT2D eigenvalue weighted by atomic mass is 9.97. The lowest BCUT2D eigenvalue weighted by molar-refractivity contribution is 0.0795. The van der Waals surface area contributed by atoms with Crippen LogP contribution in [0.15, 0.2) is 16.5 Å². The van der Waals surface area contributed by atoms with Gasteiger partial charge in [-0.25, -0.2) is 0 Å². The second-order valence-electron chi connectivity index (χ2n) is 4.92. The number of aliphatic hydroxyl groups is 1. The number of aliphatic hydroxyl groups excluding tert-OH is 1. The van der Waals surface area contributed by atoms with Crippen LogP contribution in [-0.4, -0.2) is 23.2 Å². The summed E-state index contributed by atoms with van der Waals surface area (Å²) in [6, 6.07) is 3.49. The Labute approximate surface area is 101 Å². The topological polar surface area (TPSA) is 62.5 Å². The van der Waals surface area contributed by atoms with Crippen molar-refractivity contribution in [3.63, 3.8) is 0 Å². The van der Waals surface area contributed by atoms with Crippen molar-refractivity contribution in [2.24, 2.45) is 5.92 Å². The average molecular weight is 237 g/mol. The number of hydrogen-bond acceptors (Lipinski definition) is 3. The normalized spacial score (nSPS) is 18.8. The Bertz CT molecular complexity index is 409. The van der Waals surface area contributed by atoms with Crippen molar-refractivity contribution in [3.05, 3.63) is 23.7 Å². The molecule has 1 saturated carbocycles. The number of hydrogen-bond donors (Lipinski definition) is 2. The first-order chi connectivity index (χ1) is 8.09. The zero-order valence-electron chi connectivity index (χ0n) is 10.3. The predicted octanol–water partition coefficient (Wildman–Crippen LogP) is 1.73. The van der Waals surface area contributed by atoms with Crippen LogP contribution in [0.1, 0.15) is 43.0 Å². The van der Waals surface area contributed by atoms with Crippen LogP contribution in [0.4, 0.5) is 0 Å². The monoisotopic (exact) mass is 237 g/mol. The van der Waals surface area contributed by atoms with Gasteiger partial charge < -0.3 is 14.8 Å². The average Bonchev–Trinajstić information content (AvgIpc) is 3.07. The van der Waals surface area contributed by atoms with Crippen LogP contribution in [0, 0.1) is 5.92 Å². The molecule has 0 saturated heterocycles. The fourth-order valence-electron chi connectivity index (χ4n) is 2.00. The molecule has 1 aromatic rings. The fourth-order valence-corrected chi connectivity index (χ4v) is 2.00. The molecule has 0 spiro atoms. The van der Waals surface area contributed by atoms with E-state index in [9.17, 15) is 9.90 Å². The van der Waals surface area contributed by atoms with E-state index >= 15 is 0 Å². The largest absolute Gasteiger partial charge is 0.456 e. The molecule has 1 heterocycles. The van der Waals surface area contributed by atoms with E-state index in [1.807, 2.05) is 19.9 Å². The van der Waals surface area contributed by atoms with E-state index < -0.39 is 5.54 Å². The molecule has 0 radical (unpaired) electrons. The SMILES string of the molecule is CCc1ccc(C(=O)NC(C)(CO)C2CC2)o1. The van der Waals surface area contributed by atoms with Crippen molar-refractivity contribution in [2.45, 2.75) is 38.6 Å². The fraction of sp³-hybridized carbons (Fsp3) is 0.615. The van der Waals surface area contributed by atoms with Gasteiger partial charge in [-0.05, 0) is 37.8 Å². The zero-order chi connectivity index (χ0) is 12.5. The van der Waals surface area contributed by atoms with E-state index in [1.165, 1.54) is 0 Å². The van der Waals surface area contributed by atoms with Crippen LogP contribution in [-0.2, 0) is 6.42 Å². The minimum absolute atomic E-state index is 0.0370. The van der Waals surface area contributed by atoms with Crippen LogP contribution in [0.5, 0.6) is 0 Å². The van der Waals surface area contributed by atoms with E-state index in [0.717, 1.165) is 25.0 Å². The molecular formula is C13H19NO3. The molecule has 2 N–H and O–H groups in total. The summed E-state index contributed by atoms with van der Waals surface area (Å²) < 4.78 is 5.39.